The molecule has 0 radical (unpaired) electrons. The zero-order valence-corrected chi connectivity index (χ0v) is 11.1. The first-order valence-corrected chi connectivity index (χ1v) is 6.97. The summed E-state index contributed by atoms with van der Waals surface area (Å²) in [6.07, 6.45) is 4.92. The second-order valence-corrected chi connectivity index (χ2v) is 4.86. The summed E-state index contributed by atoms with van der Waals surface area (Å²) in [7, 11) is 0. The lowest BCUT2D eigenvalue weighted by Crippen LogP contribution is -2.25. The maximum Gasteiger partial charge on any atom is 0.0393 e. The maximum atomic E-state index is 3.52. The SMILES string of the molecule is CCCN(CCC)c1ccc2c(c1)NCCC2. The van der Waals surface area contributed by atoms with Gasteiger partial charge in [-0.3, -0.25) is 0 Å². The summed E-state index contributed by atoms with van der Waals surface area (Å²) >= 11 is 0. The van der Waals surface area contributed by atoms with Crippen LogP contribution in [0.4, 0.5) is 11.4 Å². The van der Waals surface area contributed by atoms with Crippen LogP contribution >= 0.6 is 0 Å². The zero-order chi connectivity index (χ0) is 12.1. The van der Waals surface area contributed by atoms with Gasteiger partial charge in [0.05, 0.1) is 0 Å². The van der Waals surface area contributed by atoms with Crippen LogP contribution in [0.25, 0.3) is 0 Å². The molecular formula is C15H24N2. The molecule has 0 atom stereocenters. The third kappa shape index (κ3) is 2.93. The monoisotopic (exact) mass is 232 g/mol. The van der Waals surface area contributed by atoms with Gasteiger partial charge < -0.3 is 10.2 Å². The lowest BCUT2D eigenvalue weighted by atomic mass is 10.0. The van der Waals surface area contributed by atoms with Gasteiger partial charge in [-0.15, -0.1) is 0 Å². The van der Waals surface area contributed by atoms with Crippen molar-refractivity contribution >= 4 is 11.4 Å². The molecule has 0 aliphatic carbocycles. The smallest absolute Gasteiger partial charge is 0.0393 e. The molecule has 2 rings (SSSR count). The fraction of sp³-hybridized carbons (Fsp3) is 0.600. The molecule has 0 spiro atoms. The first-order chi connectivity index (χ1) is 8.35. The van der Waals surface area contributed by atoms with Gasteiger partial charge in [-0.05, 0) is 43.4 Å². The maximum absolute atomic E-state index is 3.52. The number of rotatable bonds is 5. The van der Waals surface area contributed by atoms with Gasteiger partial charge in [0.15, 0.2) is 0 Å². The van der Waals surface area contributed by atoms with Crippen LogP contribution in [-0.2, 0) is 6.42 Å². The summed E-state index contributed by atoms with van der Waals surface area (Å²) in [4.78, 5) is 2.50. The van der Waals surface area contributed by atoms with E-state index < -0.39 is 0 Å². The molecule has 0 fully saturated rings. The van der Waals surface area contributed by atoms with E-state index in [1.807, 2.05) is 0 Å². The van der Waals surface area contributed by atoms with Crippen molar-refractivity contribution in [1.29, 1.82) is 0 Å². The van der Waals surface area contributed by atoms with Crippen LogP contribution < -0.4 is 10.2 Å². The van der Waals surface area contributed by atoms with E-state index in [1.54, 1.807) is 0 Å². The number of nitrogens with zero attached hydrogens (tertiary/aromatic N) is 1. The Labute approximate surface area is 105 Å². The van der Waals surface area contributed by atoms with Crippen molar-refractivity contribution in [1.82, 2.24) is 0 Å². The molecule has 0 amide bonds. The molecule has 1 N–H and O–H groups in total. The molecule has 0 aromatic heterocycles. The van der Waals surface area contributed by atoms with Crippen molar-refractivity contribution in [2.75, 3.05) is 29.9 Å². The molecule has 94 valence electrons. The highest BCUT2D eigenvalue weighted by atomic mass is 15.1. The fourth-order valence-electron chi connectivity index (χ4n) is 2.56. The molecule has 1 aliphatic rings. The van der Waals surface area contributed by atoms with Crippen LogP contribution in [-0.4, -0.2) is 19.6 Å². The standard InChI is InChI=1S/C15H24N2/c1-3-10-17(11-4-2)14-8-7-13-6-5-9-16-15(13)12-14/h7-8,12,16H,3-6,9-11H2,1-2H3. The quantitative estimate of drug-likeness (QED) is 0.833. The molecule has 1 heterocycles. The van der Waals surface area contributed by atoms with Gasteiger partial charge in [0, 0.05) is 31.0 Å². The predicted molar refractivity (Wildman–Crippen MR) is 76.0 cm³/mol. The predicted octanol–water partition coefficient (Wildman–Crippen LogP) is 3.67. The second-order valence-electron chi connectivity index (χ2n) is 4.86. The van der Waals surface area contributed by atoms with Crippen molar-refractivity contribution in [3.05, 3.63) is 23.8 Å². The van der Waals surface area contributed by atoms with E-state index in [4.69, 9.17) is 0 Å². The Balaban J connectivity index is 2.18. The summed E-state index contributed by atoms with van der Waals surface area (Å²) < 4.78 is 0. The van der Waals surface area contributed by atoms with Crippen molar-refractivity contribution in [2.24, 2.45) is 0 Å². The largest absolute Gasteiger partial charge is 0.385 e. The molecular weight excluding hydrogens is 208 g/mol. The lowest BCUT2D eigenvalue weighted by molar-refractivity contribution is 0.743. The average Bonchev–Trinajstić information content (AvgIpc) is 2.38. The number of aryl methyl sites for hydroxylation is 1. The van der Waals surface area contributed by atoms with Gasteiger partial charge >= 0.3 is 0 Å². The first kappa shape index (κ1) is 12.3. The average molecular weight is 232 g/mol. The Bertz CT molecular complexity index is 354. The van der Waals surface area contributed by atoms with Crippen LogP contribution in [0.3, 0.4) is 0 Å². The van der Waals surface area contributed by atoms with E-state index >= 15 is 0 Å². The van der Waals surface area contributed by atoms with Crippen LogP contribution in [0.1, 0.15) is 38.7 Å². The Morgan fingerprint density at radius 1 is 1.18 bits per heavy atom. The third-order valence-corrected chi connectivity index (χ3v) is 3.38. The van der Waals surface area contributed by atoms with Gasteiger partial charge in [-0.1, -0.05) is 19.9 Å². The number of hydrogen-bond acceptors (Lipinski definition) is 2. The molecule has 1 aromatic rings. The van der Waals surface area contributed by atoms with Crippen molar-refractivity contribution < 1.29 is 0 Å². The number of benzene rings is 1. The summed E-state index contributed by atoms with van der Waals surface area (Å²) in [6, 6.07) is 6.92. The Morgan fingerprint density at radius 3 is 2.65 bits per heavy atom. The fourth-order valence-corrected chi connectivity index (χ4v) is 2.56. The number of anilines is 2. The molecule has 0 unspecified atom stereocenters. The van der Waals surface area contributed by atoms with Gasteiger partial charge in [-0.2, -0.15) is 0 Å². The van der Waals surface area contributed by atoms with Gasteiger partial charge in [0.2, 0.25) is 0 Å². The number of fused-ring (bicyclic) bond motifs is 1. The minimum atomic E-state index is 1.12. The zero-order valence-electron chi connectivity index (χ0n) is 11.1. The summed E-state index contributed by atoms with van der Waals surface area (Å²) in [5.74, 6) is 0. The Hall–Kier alpha value is -1.18. The van der Waals surface area contributed by atoms with E-state index in [-0.39, 0.29) is 0 Å². The van der Waals surface area contributed by atoms with Crippen molar-refractivity contribution in [3.63, 3.8) is 0 Å². The molecule has 1 aromatic carbocycles. The van der Waals surface area contributed by atoms with Gasteiger partial charge in [-0.25, -0.2) is 0 Å². The molecule has 0 saturated heterocycles. The summed E-state index contributed by atoms with van der Waals surface area (Å²) in [5, 5.41) is 3.52. The molecule has 0 saturated carbocycles. The minimum Gasteiger partial charge on any atom is -0.385 e. The molecule has 2 nitrogen and oxygen atoms in total. The van der Waals surface area contributed by atoms with E-state index in [0.717, 1.165) is 19.6 Å². The van der Waals surface area contributed by atoms with E-state index in [1.165, 1.54) is 42.6 Å². The third-order valence-electron chi connectivity index (χ3n) is 3.38. The van der Waals surface area contributed by atoms with Crippen LogP contribution in [0, 0.1) is 0 Å². The Kier molecular flexibility index (Phi) is 4.29. The number of nitrogens with one attached hydrogen (secondary N) is 1. The van der Waals surface area contributed by atoms with Crippen LogP contribution in [0.5, 0.6) is 0 Å². The Morgan fingerprint density at radius 2 is 1.94 bits per heavy atom. The molecule has 2 heteroatoms. The van der Waals surface area contributed by atoms with Crippen molar-refractivity contribution in [2.45, 2.75) is 39.5 Å². The first-order valence-electron chi connectivity index (χ1n) is 6.97. The molecule has 0 bridgehead atoms. The molecule has 1 aliphatic heterocycles. The highest BCUT2D eigenvalue weighted by Gasteiger charge is 2.11. The lowest BCUT2D eigenvalue weighted by Gasteiger charge is -2.26. The summed E-state index contributed by atoms with van der Waals surface area (Å²) in [6.45, 7) is 7.94. The van der Waals surface area contributed by atoms with Crippen LogP contribution in [0.2, 0.25) is 0 Å². The van der Waals surface area contributed by atoms with E-state index in [9.17, 15) is 0 Å². The van der Waals surface area contributed by atoms with E-state index in [0.29, 0.717) is 0 Å². The van der Waals surface area contributed by atoms with E-state index in [2.05, 4.69) is 42.3 Å². The minimum absolute atomic E-state index is 1.12. The normalized spacial score (nSPS) is 14.0. The van der Waals surface area contributed by atoms with Gasteiger partial charge in [0.1, 0.15) is 0 Å². The highest BCUT2D eigenvalue weighted by molar-refractivity contribution is 5.63. The van der Waals surface area contributed by atoms with Crippen LogP contribution in [0.15, 0.2) is 18.2 Å². The second kappa shape index (κ2) is 5.95. The highest BCUT2D eigenvalue weighted by Crippen LogP contribution is 2.27. The molecule has 17 heavy (non-hydrogen) atoms. The van der Waals surface area contributed by atoms with Crippen molar-refractivity contribution in [3.8, 4) is 0 Å². The number of hydrogen-bond donors (Lipinski definition) is 1. The van der Waals surface area contributed by atoms with Gasteiger partial charge in [0.25, 0.3) is 0 Å². The summed E-state index contributed by atoms with van der Waals surface area (Å²) in [5.41, 5.74) is 4.21. The topological polar surface area (TPSA) is 15.3 Å².